The predicted octanol–water partition coefficient (Wildman–Crippen LogP) is 3.07. The number of aryl methyl sites for hydroxylation is 1. The normalized spacial score (nSPS) is 12.4. The van der Waals surface area contributed by atoms with Crippen LogP contribution in [0.3, 0.4) is 0 Å². The predicted molar refractivity (Wildman–Crippen MR) is 143 cm³/mol. The summed E-state index contributed by atoms with van der Waals surface area (Å²) in [6, 6.07) is 15.6. The molecule has 0 radical (unpaired) electrons. The fraction of sp³-hybridized carbons (Fsp3) is 0.357. The van der Waals surface area contributed by atoms with E-state index in [1.54, 1.807) is 18.4 Å². The van der Waals surface area contributed by atoms with Crippen LogP contribution in [0.5, 0.6) is 0 Å². The number of hydrogen-bond acceptors (Lipinski definition) is 9. The highest BCUT2D eigenvalue weighted by Crippen LogP contribution is 2.31. The Bertz CT molecular complexity index is 1440. The van der Waals surface area contributed by atoms with Gasteiger partial charge in [0.1, 0.15) is 23.2 Å². The van der Waals surface area contributed by atoms with Crippen LogP contribution in [-0.4, -0.2) is 64.9 Å². The number of imidazole rings is 1. The smallest absolute Gasteiger partial charge is 0.357 e. The van der Waals surface area contributed by atoms with Gasteiger partial charge < -0.3 is 19.5 Å². The van der Waals surface area contributed by atoms with Crippen molar-refractivity contribution in [2.45, 2.75) is 58.8 Å². The van der Waals surface area contributed by atoms with Crippen LogP contribution in [0.15, 0.2) is 48.5 Å². The van der Waals surface area contributed by atoms with Gasteiger partial charge in [-0.2, -0.15) is 5.21 Å². The maximum absolute atomic E-state index is 13.2. The zero-order valence-corrected chi connectivity index (χ0v) is 22.4. The molecule has 0 amide bonds. The third kappa shape index (κ3) is 6.27. The molecule has 1 atom stereocenters. The second kappa shape index (κ2) is 11.7. The van der Waals surface area contributed by atoms with Crippen LogP contribution in [0, 0.1) is 0 Å². The summed E-state index contributed by atoms with van der Waals surface area (Å²) in [7, 11) is 0. The molecule has 0 aliphatic carbocycles. The first kappa shape index (κ1) is 27.8. The first-order valence-corrected chi connectivity index (χ1v) is 12.7. The van der Waals surface area contributed by atoms with Gasteiger partial charge in [-0.15, -0.1) is 10.2 Å². The summed E-state index contributed by atoms with van der Waals surface area (Å²) in [5.74, 6) is -0.296. The molecule has 0 spiro atoms. The SMILES string of the molecule is CCCc1nc(C(C)(C)O)c(C(=O)OCC(=O)C(C)O)n1Cc1ccc(-c2ccccc2-c2nn[nH]n2)cc1. The van der Waals surface area contributed by atoms with E-state index >= 15 is 0 Å². The number of nitrogens with one attached hydrogen (secondary N) is 1. The van der Waals surface area contributed by atoms with Crippen molar-refractivity contribution >= 4 is 11.8 Å². The Kier molecular flexibility index (Phi) is 8.32. The molecule has 11 nitrogen and oxygen atoms in total. The number of ether oxygens (including phenoxy) is 1. The summed E-state index contributed by atoms with van der Waals surface area (Å²) in [6.07, 6.45) is 0.0817. The number of rotatable bonds is 11. The van der Waals surface area contributed by atoms with Crippen LogP contribution in [-0.2, 0) is 28.1 Å². The van der Waals surface area contributed by atoms with Crippen molar-refractivity contribution in [3.8, 4) is 22.5 Å². The zero-order valence-electron chi connectivity index (χ0n) is 22.4. The van der Waals surface area contributed by atoms with E-state index in [1.165, 1.54) is 6.92 Å². The van der Waals surface area contributed by atoms with Gasteiger partial charge in [-0.25, -0.2) is 9.78 Å². The quantitative estimate of drug-likeness (QED) is 0.247. The van der Waals surface area contributed by atoms with E-state index < -0.39 is 30.1 Å². The average molecular weight is 533 g/mol. The van der Waals surface area contributed by atoms with Gasteiger partial charge in [0.15, 0.2) is 18.1 Å². The van der Waals surface area contributed by atoms with Crippen LogP contribution in [0.25, 0.3) is 22.5 Å². The van der Waals surface area contributed by atoms with E-state index in [0.717, 1.165) is 28.7 Å². The molecular formula is C28H32N6O5. The van der Waals surface area contributed by atoms with E-state index in [-0.39, 0.29) is 11.4 Å². The lowest BCUT2D eigenvalue weighted by molar-refractivity contribution is -0.129. The van der Waals surface area contributed by atoms with Gasteiger partial charge in [0.05, 0.1) is 0 Å². The largest absolute Gasteiger partial charge is 0.453 e. The van der Waals surface area contributed by atoms with Crippen LogP contribution in [0.2, 0.25) is 0 Å². The van der Waals surface area contributed by atoms with Crippen LogP contribution in [0.4, 0.5) is 0 Å². The maximum Gasteiger partial charge on any atom is 0.357 e. The van der Waals surface area contributed by atoms with Crippen molar-refractivity contribution in [1.29, 1.82) is 0 Å². The first-order chi connectivity index (χ1) is 18.6. The lowest BCUT2D eigenvalue weighted by Crippen LogP contribution is -2.27. The number of tetrazole rings is 1. The van der Waals surface area contributed by atoms with Crippen molar-refractivity contribution in [2.24, 2.45) is 0 Å². The van der Waals surface area contributed by atoms with E-state index in [9.17, 15) is 19.8 Å². The summed E-state index contributed by atoms with van der Waals surface area (Å²) in [4.78, 5) is 29.7. The number of ketones is 1. The molecule has 0 bridgehead atoms. The van der Waals surface area contributed by atoms with Crippen molar-refractivity contribution in [2.75, 3.05) is 6.61 Å². The third-order valence-electron chi connectivity index (χ3n) is 6.22. The second-order valence-electron chi connectivity index (χ2n) is 9.82. The van der Waals surface area contributed by atoms with Gasteiger partial charge in [-0.1, -0.05) is 55.5 Å². The van der Waals surface area contributed by atoms with Crippen LogP contribution in [0.1, 0.15) is 61.7 Å². The molecule has 39 heavy (non-hydrogen) atoms. The van der Waals surface area contributed by atoms with Crippen molar-refractivity contribution < 1.29 is 24.5 Å². The summed E-state index contributed by atoms with van der Waals surface area (Å²) < 4.78 is 6.97. The van der Waals surface area contributed by atoms with Crippen molar-refractivity contribution in [1.82, 2.24) is 30.2 Å². The Labute approximate surface area is 225 Å². The summed E-state index contributed by atoms with van der Waals surface area (Å²) >= 11 is 0. The molecule has 4 rings (SSSR count). The highest BCUT2D eigenvalue weighted by atomic mass is 16.5. The number of H-pyrrole nitrogens is 1. The number of esters is 1. The topological polar surface area (TPSA) is 156 Å². The number of hydrogen-bond donors (Lipinski definition) is 3. The standard InChI is InChI=1S/C28H32N6O5/c1-5-8-23-29-25(28(3,4)38)24(27(37)39-16-22(36)17(2)35)34(23)15-18-11-13-19(14-12-18)20-9-6-7-10-21(20)26-30-32-33-31-26/h6-7,9-14,17,35,38H,5,8,15-16H2,1-4H3,(H,30,31,32,33). The van der Waals surface area contributed by atoms with Gasteiger partial charge in [0.25, 0.3) is 0 Å². The highest BCUT2D eigenvalue weighted by molar-refractivity contribution is 5.92. The third-order valence-corrected chi connectivity index (χ3v) is 6.22. The van der Waals surface area contributed by atoms with Crippen LogP contribution < -0.4 is 0 Å². The molecule has 0 fully saturated rings. The monoisotopic (exact) mass is 532 g/mol. The van der Waals surface area contributed by atoms with Gasteiger partial charge in [0, 0.05) is 18.5 Å². The van der Waals surface area contributed by atoms with E-state index in [0.29, 0.717) is 24.6 Å². The minimum Gasteiger partial charge on any atom is -0.453 e. The Morgan fingerprint density at radius 3 is 2.38 bits per heavy atom. The average Bonchev–Trinajstić information content (AvgIpc) is 3.57. The molecule has 2 aromatic heterocycles. The molecule has 2 aromatic carbocycles. The molecule has 4 aromatic rings. The van der Waals surface area contributed by atoms with E-state index in [1.807, 2.05) is 55.5 Å². The Balaban J connectivity index is 1.69. The molecule has 3 N–H and O–H groups in total. The van der Waals surface area contributed by atoms with Gasteiger partial charge in [-0.3, -0.25) is 4.79 Å². The number of nitrogens with zero attached hydrogens (tertiary/aromatic N) is 5. The fourth-order valence-electron chi connectivity index (χ4n) is 4.22. The molecule has 11 heteroatoms. The number of aromatic nitrogens is 6. The number of benzene rings is 2. The lowest BCUT2D eigenvalue weighted by atomic mass is 9.98. The molecular weight excluding hydrogens is 500 g/mol. The summed E-state index contributed by atoms with van der Waals surface area (Å²) in [5.41, 5.74) is 2.44. The minimum absolute atomic E-state index is 0.0795. The van der Waals surface area contributed by atoms with Gasteiger partial charge in [0.2, 0.25) is 5.82 Å². The minimum atomic E-state index is -1.43. The van der Waals surface area contributed by atoms with Crippen LogP contribution >= 0.6 is 0 Å². The number of aromatic amines is 1. The number of carbonyl (C=O) groups is 2. The summed E-state index contributed by atoms with van der Waals surface area (Å²) in [5, 5.41) is 34.6. The lowest BCUT2D eigenvalue weighted by Gasteiger charge is -2.18. The van der Waals surface area contributed by atoms with Gasteiger partial charge in [-0.05, 0) is 49.1 Å². The molecule has 0 saturated heterocycles. The number of aliphatic hydroxyl groups is 2. The molecule has 1 unspecified atom stereocenters. The summed E-state index contributed by atoms with van der Waals surface area (Å²) in [6.45, 7) is 6.11. The molecule has 0 aliphatic heterocycles. The number of aliphatic hydroxyl groups excluding tert-OH is 1. The zero-order chi connectivity index (χ0) is 28.2. The maximum atomic E-state index is 13.2. The Hall–Kier alpha value is -4.22. The Morgan fingerprint density at radius 1 is 1.10 bits per heavy atom. The van der Waals surface area contributed by atoms with Gasteiger partial charge >= 0.3 is 5.97 Å². The molecule has 0 aliphatic rings. The molecule has 204 valence electrons. The van der Waals surface area contributed by atoms with E-state index in [2.05, 4.69) is 25.6 Å². The first-order valence-electron chi connectivity index (χ1n) is 12.7. The molecule has 0 saturated carbocycles. The molecule has 2 heterocycles. The number of carbonyl (C=O) groups excluding carboxylic acids is 2. The highest BCUT2D eigenvalue weighted by Gasteiger charge is 2.33. The number of Topliss-reactive ketones (excluding diaryl/α,β-unsaturated/α-hetero) is 1. The van der Waals surface area contributed by atoms with Crippen molar-refractivity contribution in [3.63, 3.8) is 0 Å². The fourth-order valence-corrected chi connectivity index (χ4v) is 4.22. The second-order valence-corrected chi connectivity index (χ2v) is 9.82. The van der Waals surface area contributed by atoms with Crippen molar-refractivity contribution in [3.05, 3.63) is 71.3 Å². The Morgan fingerprint density at radius 2 is 1.79 bits per heavy atom. The van der Waals surface area contributed by atoms with E-state index in [4.69, 9.17) is 4.74 Å².